The van der Waals surface area contributed by atoms with Gasteiger partial charge in [0.15, 0.2) is 0 Å². The van der Waals surface area contributed by atoms with E-state index in [1.807, 2.05) is 0 Å². The molecule has 0 saturated carbocycles. The van der Waals surface area contributed by atoms with Crippen LogP contribution in [0.25, 0.3) is 0 Å². The first kappa shape index (κ1) is 13.8. The zero-order chi connectivity index (χ0) is 13.9. The Hall–Kier alpha value is -1.58. The number of hydrogen-bond donors (Lipinski definition) is 2. The van der Waals surface area contributed by atoms with Crippen molar-refractivity contribution in [1.29, 1.82) is 0 Å². The number of nitrogens with zero attached hydrogens (tertiary/aromatic N) is 2. The maximum absolute atomic E-state index is 12.1. The molecule has 1 aromatic rings. The monoisotopic (exact) mass is 286 g/mol. The molecule has 1 fully saturated rings. The van der Waals surface area contributed by atoms with E-state index < -0.39 is 25.7 Å². The molecule has 0 amide bonds. The van der Waals surface area contributed by atoms with Gasteiger partial charge in [0, 0.05) is 18.3 Å². The largest absolute Gasteiger partial charge is 0.317 e. The van der Waals surface area contributed by atoms with Gasteiger partial charge in [0.2, 0.25) is 5.03 Å². The predicted octanol–water partition coefficient (Wildman–Crippen LogP) is 0.0201. The second-order valence-corrected chi connectivity index (χ2v) is 5.86. The summed E-state index contributed by atoms with van der Waals surface area (Å²) in [6, 6.07) is 2.25. The normalized spacial score (nSPS) is 17.3. The summed E-state index contributed by atoms with van der Waals surface area (Å²) in [6.45, 7) is 1.44. The zero-order valence-electron chi connectivity index (χ0n) is 10.1. The van der Waals surface area contributed by atoms with Gasteiger partial charge in [-0.3, -0.25) is 10.1 Å². The van der Waals surface area contributed by atoms with E-state index >= 15 is 0 Å². The molecule has 1 aromatic heterocycles. The van der Waals surface area contributed by atoms with Gasteiger partial charge in [-0.2, -0.15) is 0 Å². The third-order valence-electron chi connectivity index (χ3n) is 2.86. The van der Waals surface area contributed by atoms with E-state index in [1.165, 1.54) is 12.3 Å². The minimum atomic E-state index is -3.97. The number of rotatable bonds is 4. The van der Waals surface area contributed by atoms with Crippen LogP contribution in [-0.2, 0) is 10.0 Å². The summed E-state index contributed by atoms with van der Waals surface area (Å²) in [5.41, 5.74) is -0.510. The Morgan fingerprint density at radius 1 is 1.42 bits per heavy atom. The molecular formula is C10H14N4O4S. The van der Waals surface area contributed by atoms with Gasteiger partial charge in [0.25, 0.3) is 10.0 Å². The molecule has 0 radical (unpaired) electrons. The molecule has 0 unspecified atom stereocenters. The third-order valence-corrected chi connectivity index (χ3v) is 4.33. The Labute approximate surface area is 110 Å². The highest BCUT2D eigenvalue weighted by atomic mass is 32.2. The van der Waals surface area contributed by atoms with Gasteiger partial charge in [0.05, 0.1) is 4.92 Å². The van der Waals surface area contributed by atoms with E-state index in [0.717, 1.165) is 19.2 Å². The van der Waals surface area contributed by atoms with Crippen LogP contribution >= 0.6 is 0 Å². The van der Waals surface area contributed by atoms with E-state index in [9.17, 15) is 18.5 Å². The van der Waals surface area contributed by atoms with Gasteiger partial charge in [0.1, 0.15) is 0 Å². The highest BCUT2D eigenvalue weighted by molar-refractivity contribution is 7.89. The predicted molar refractivity (Wildman–Crippen MR) is 67.1 cm³/mol. The summed E-state index contributed by atoms with van der Waals surface area (Å²) in [6.07, 6.45) is 2.53. The summed E-state index contributed by atoms with van der Waals surface area (Å²) in [7, 11) is -3.97. The highest BCUT2D eigenvalue weighted by Gasteiger charge is 2.29. The molecule has 9 heteroatoms. The zero-order valence-corrected chi connectivity index (χ0v) is 10.9. The van der Waals surface area contributed by atoms with Crippen LogP contribution in [0.1, 0.15) is 12.8 Å². The minimum absolute atomic E-state index is 0.215. The van der Waals surface area contributed by atoms with Crippen molar-refractivity contribution < 1.29 is 13.3 Å². The van der Waals surface area contributed by atoms with Crippen molar-refractivity contribution in [2.24, 2.45) is 0 Å². The molecular weight excluding hydrogens is 272 g/mol. The van der Waals surface area contributed by atoms with Gasteiger partial charge < -0.3 is 5.32 Å². The molecule has 2 N–H and O–H groups in total. The number of aromatic nitrogens is 1. The van der Waals surface area contributed by atoms with Crippen LogP contribution in [0.2, 0.25) is 0 Å². The Morgan fingerprint density at radius 3 is 2.74 bits per heavy atom. The number of pyridine rings is 1. The van der Waals surface area contributed by atoms with Crippen LogP contribution in [-0.4, -0.2) is 37.5 Å². The van der Waals surface area contributed by atoms with Crippen LogP contribution in [0.3, 0.4) is 0 Å². The van der Waals surface area contributed by atoms with Crippen molar-refractivity contribution in [3.05, 3.63) is 28.4 Å². The molecule has 19 heavy (non-hydrogen) atoms. The van der Waals surface area contributed by atoms with E-state index in [2.05, 4.69) is 15.0 Å². The fourth-order valence-corrected chi connectivity index (χ4v) is 3.35. The molecule has 0 spiro atoms. The maximum atomic E-state index is 12.1. The molecule has 8 nitrogen and oxygen atoms in total. The number of nitrogens with one attached hydrogen (secondary N) is 2. The van der Waals surface area contributed by atoms with E-state index in [0.29, 0.717) is 12.8 Å². The molecule has 104 valence electrons. The standard InChI is InChI=1S/C10H14N4O4S/c15-14(16)9-2-1-5-12-10(9)19(17,18)13-8-3-6-11-7-4-8/h1-2,5,8,11,13H,3-4,6-7H2. The third kappa shape index (κ3) is 3.25. The second-order valence-electron chi connectivity index (χ2n) is 4.23. The summed E-state index contributed by atoms with van der Waals surface area (Å²) in [5, 5.41) is 13.4. The molecule has 0 bridgehead atoms. The smallest absolute Gasteiger partial charge is 0.308 e. The lowest BCUT2D eigenvalue weighted by molar-refractivity contribution is -0.388. The van der Waals surface area contributed by atoms with E-state index in [4.69, 9.17) is 0 Å². The Kier molecular flexibility index (Phi) is 4.08. The number of nitro groups is 1. The van der Waals surface area contributed by atoms with Crippen LogP contribution in [0.5, 0.6) is 0 Å². The van der Waals surface area contributed by atoms with E-state index in [-0.39, 0.29) is 6.04 Å². The summed E-state index contributed by atoms with van der Waals surface area (Å²) in [5.74, 6) is 0. The topological polar surface area (TPSA) is 114 Å². The Morgan fingerprint density at radius 2 is 2.11 bits per heavy atom. The average Bonchev–Trinajstić information content (AvgIpc) is 2.39. The van der Waals surface area contributed by atoms with Gasteiger partial charge >= 0.3 is 5.69 Å². The summed E-state index contributed by atoms with van der Waals surface area (Å²) in [4.78, 5) is 13.7. The van der Waals surface area contributed by atoms with Crippen molar-refractivity contribution in [2.45, 2.75) is 23.9 Å². The molecule has 0 atom stereocenters. The van der Waals surface area contributed by atoms with Crippen molar-refractivity contribution in [3.8, 4) is 0 Å². The SMILES string of the molecule is O=[N+]([O-])c1cccnc1S(=O)(=O)NC1CCNCC1. The fourth-order valence-electron chi connectivity index (χ4n) is 1.94. The summed E-state index contributed by atoms with van der Waals surface area (Å²) < 4.78 is 26.7. The number of piperidine rings is 1. The molecule has 1 aliphatic heterocycles. The van der Waals surface area contributed by atoms with Crippen molar-refractivity contribution in [3.63, 3.8) is 0 Å². The molecule has 1 aliphatic rings. The molecule has 1 saturated heterocycles. The lowest BCUT2D eigenvalue weighted by Crippen LogP contribution is -2.42. The Bertz CT molecular complexity index is 569. The molecule has 0 aliphatic carbocycles. The van der Waals surface area contributed by atoms with Gasteiger partial charge in [-0.25, -0.2) is 18.1 Å². The van der Waals surface area contributed by atoms with Crippen LogP contribution in [0.15, 0.2) is 23.4 Å². The highest BCUT2D eigenvalue weighted by Crippen LogP contribution is 2.21. The van der Waals surface area contributed by atoms with Crippen molar-refractivity contribution in [2.75, 3.05) is 13.1 Å². The van der Waals surface area contributed by atoms with Crippen LogP contribution < -0.4 is 10.0 Å². The molecule has 0 aromatic carbocycles. The second kappa shape index (κ2) is 5.59. The minimum Gasteiger partial charge on any atom is -0.317 e. The first-order valence-corrected chi connectivity index (χ1v) is 7.31. The van der Waals surface area contributed by atoms with Gasteiger partial charge in [-0.15, -0.1) is 0 Å². The Balaban J connectivity index is 2.26. The first-order chi connectivity index (χ1) is 9.00. The molecule has 2 heterocycles. The number of hydrogen-bond acceptors (Lipinski definition) is 6. The fraction of sp³-hybridized carbons (Fsp3) is 0.500. The maximum Gasteiger partial charge on any atom is 0.308 e. The van der Waals surface area contributed by atoms with Gasteiger partial charge in [-0.1, -0.05) is 0 Å². The quantitative estimate of drug-likeness (QED) is 0.595. The van der Waals surface area contributed by atoms with Gasteiger partial charge in [-0.05, 0) is 32.0 Å². The van der Waals surface area contributed by atoms with Crippen molar-refractivity contribution >= 4 is 15.7 Å². The van der Waals surface area contributed by atoms with Crippen molar-refractivity contribution in [1.82, 2.24) is 15.0 Å². The summed E-state index contributed by atoms with van der Waals surface area (Å²) >= 11 is 0. The molecule has 2 rings (SSSR count). The first-order valence-electron chi connectivity index (χ1n) is 5.83. The average molecular weight is 286 g/mol. The number of sulfonamides is 1. The van der Waals surface area contributed by atoms with Crippen LogP contribution in [0.4, 0.5) is 5.69 Å². The lowest BCUT2D eigenvalue weighted by atomic mass is 10.1. The van der Waals surface area contributed by atoms with Crippen LogP contribution in [0, 0.1) is 10.1 Å². The lowest BCUT2D eigenvalue weighted by Gasteiger charge is -2.23. The van der Waals surface area contributed by atoms with E-state index in [1.54, 1.807) is 0 Å².